The Kier molecular flexibility index (Phi) is 8.45. The molecule has 0 bridgehead atoms. The van der Waals surface area contributed by atoms with Crippen LogP contribution in [0.25, 0.3) is 0 Å². The number of hydrogen-bond donors (Lipinski definition) is 1. The lowest BCUT2D eigenvalue weighted by atomic mass is 10.2. The summed E-state index contributed by atoms with van der Waals surface area (Å²) in [6.07, 6.45) is 1.04. The van der Waals surface area contributed by atoms with E-state index in [1.165, 1.54) is 0 Å². The highest BCUT2D eigenvalue weighted by molar-refractivity contribution is 5.04. The fourth-order valence-electron chi connectivity index (χ4n) is 1.53. The maximum Gasteiger partial charge on any atom is 0.162 e. The zero-order chi connectivity index (χ0) is 13.9. The first-order valence-corrected chi connectivity index (χ1v) is 7.03. The van der Waals surface area contributed by atoms with Crippen molar-refractivity contribution < 1.29 is 14.0 Å². The van der Waals surface area contributed by atoms with Crippen molar-refractivity contribution in [3.63, 3.8) is 0 Å². The van der Waals surface area contributed by atoms with Gasteiger partial charge in [-0.15, -0.1) is 0 Å². The van der Waals surface area contributed by atoms with Gasteiger partial charge in [-0.3, -0.25) is 0 Å². The van der Waals surface area contributed by atoms with E-state index < -0.39 is 0 Å². The van der Waals surface area contributed by atoms with Gasteiger partial charge in [0.15, 0.2) is 5.76 Å². The van der Waals surface area contributed by atoms with Gasteiger partial charge in [0.05, 0.1) is 18.9 Å². The molecule has 0 aliphatic carbocycles. The van der Waals surface area contributed by atoms with Gasteiger partial charge in [-0.05, 0) is 18.9 Å². The van der Waals surface area contributed by atoms with E-state index in [1.54, 1.807) is 0 Å². The fourth-order valence-corrected chi connectivity index (χ4v) is 1.53. The first-order chi connectivity index (χ1) is 9.22. The van der Waals surface area contributed by atoms with Crippen LogP contribution in [0, 0.1) is 5.92 Å². The lowest BCUT2D eigenvalue weighted by Gasteiger charge is -2.04. The molecule has 0 saturated heterocycles. The molecule has 5 nitrogen and oxygen atoms in total. The normalized spacial score (nSPS) is 11.4. The first kappa shape index (κ1) is 16.1. The van der Waals surface area contributed by atoms with Gasteiger partial charge in [-0.2, -0.15) is 0 Å². The summed E-state index contributed by atoms with van der Waals surface area (Å²) < 4.78 is 16.0. The Hall–Kier alpha value is -0.910. The minimum Gasteiger partial charge on any atom is -0.379 e. The second-order valence-corrected chi connectivity index (χ2v) is 4.97. The third kappa shape index (κ3) is 7.97. The van der Waals surface area contributed by atoms with Crippen molar-refractivity contribution in [2.24, 2.45) is 5.92 Å². The van der Waals surface area contributed by atoms with Crippen molar-refractivity contribution in [2.75, 3.05) is 26.4 Å². The Morgan fingerprint density at radius 2 is 2.05 bits per heavy atom. The van der Waals surface area contributed by atoms with Crippen molar-refractivity contribution in [1.82, 2.24) is 10.5 Å². The SMILES string of the molecule is CCCOCCOCc1cc(CNCC(C)C)no1. The molecule has 1 N–H and O–H groups in total. The van der Waals surface area contributed by atoms with E-state index in [4.69, 9.17) is 14.0 Å². The monoisotopic (exact) mass is 270 g/mol. The van der Waals surface area contributed by atoms with Crippen LogP contribution in [-0.2, 0) is 22.6 Å². The largest absolute Gasteiger partial charge is 0.379 e. The second kappa shape index (κ2) is 9.95. The molecular formula is C14H26N2O3. The molecule has 0 aliphatic heterocycles. The highest BCUT2D eigenvalue weighted by Gasteiger charge is 2.04. The van der Waals surface area contributed by atoms with Crippen LogP contribution in [0.4, 0.5) is 0 Å². The predicted octanol–water partition coefficient (Wildman–Crippen LogP) is 2.36. The standard InChI is InChI=1S/C14H26N2O3/c1-4-5-17-6-7-18-11-14-8-13(16-19-14)10-15-9-12(2)3/h8,12,15H,4-7,9-11H2,1-3H3. The van der Waals surface area contributed by atoms with E-state index in [2.05, 4.69) is 31.2 Å². The number of ether oxygens (including phenoxy) is 2. The molecule has 0 saturated carbocycles. The number of aromatic nitrogens is 1. The lowest BCUT2D eigenvalue weighted by molar-refractivity contribution is 0.0333. The van der Waals surface area contributed by atoms with Gasteiger partial charge in [-0.1, -0.05) is 25.9 Å². The Morgan fingerprint density at radius 1 is 1.26 bits per heavy atom. The first-order valence-electron chi connectivity index (χ1n) is 7.03. The Labute approximate surface area is 115 Å². The highest BCUT2D eigenvalue weighted by Crippen LogP contribution is 2.05. The quantitative estimate of drug-likeness (QED) is 0.626. The number of nitrogens with zero attached hydrogens (tertiary/aromatic N) is 1. The van der Waals surface area contributed by atoms with E-state index in [9.17, 15) is 0 Å². The second-order valence-electron chi connectivity index (χ2n) is 4.97. The van der Waals surface area contributed by atoms with Crippen LogP contribution in [-0.4, -0.2) is 31.5 Å². The molecular weight excluding hydrogens is 244 g/mol. The van der Waals surface area contributed by atoms with Crippen LogP contribution < -0.4 is 5.32 Å². The van der Waals surface area contributed by atoms with Gasteiger partial charge >= 0.3 is 0 Å². The van der Waals surface area contributed by atoms with E-state index >= 15 is 0 Å². The summed E-state index contributed by atoms with van der Waals surface area (Å²) in [6, 6.07) is 1.93. The molecule has 0 amide bonds. The topological polar surface area (TPSA) is 56.5 Å². The zero-order valence-electron chi connectivity index (χ0n) is 12.3. The van der Waals surface area contributed by atoms with Crippen LogP contribution in [0.3, 0.4) is 0 Å². The van der Waals surface area contributed by atoms with Gasteiger partial charge in [0.1, 0.15) is 6.61 Å². The molecule has 0 fully saturated rings. The summed E-state index contributed by atoms with van der Waals surface area (Å²) in [4.78, 5) is 0. The van der Waals surface area contributed by atoms with Gasteiger partial charge in [0, 0.05) is 19.2 Å². The van der Waals surface area contributed by atoms with Crippen LogP contribution in [0.15, 0.2) is 10.6 Å². The maximum atomic E-state index is 5.44. The summed E-state index contributed by atoms with van der Waals surface area (Å²) in [6.45, 7) is 10.6. The molecule has 0 spiro atoms. The van der Waals surface area contributed by atoms with E-state index in [1.807, 2.05) is 6.07 Å². The summed E-state index contributed by atoms with van der Waals surface area (Å²) >= 11 is 0. The minimum absolute atomic E-state index is 0.451. The Bertz CT molecular complexity index is 326. The third-order valence-corrected chi connectivity index (χ3v) is 2.43. The minimum atomic E-state index is 0.451. The van der Waals surface area contributed by atoms with Crippen molar-refractivity contribution in [2.45, 2.75) is 40.3 Å². The van der Waals surface area contributed by atoms with Crippen molar-refractivity contribution in [3.05, 3.63) is 17.5 Å². The third-order valence-electron chi connectivity index (χ3n) is 2.43. The molecule has 0 unspecified atom stereocenters. The summed E-state index contributed by atoms with van der Waals surface area (Å²) in [7, 11) is 0. The summed E-state index contributed by atoms with van der Waals surface area (Å²) in [5.41, 5.74) is 0.918. The molecule has 0 aliphatic rings. The lowest BCUT2D eigenvalue weighted by Crippen LogP contribution is -2.19. The van der Waals surface area contributed by atoms with Gasteiger partial charge in [-0.25, -0.2) is 0 Å². The number of rotatable bonds is 11. The average molecular weight is 270 g/mol. The number of nitrogens with one attached hydrogen (secondary N) is 1. The van der Waals surface area contributed by atoms with Crippen LogP contribution >= 0.6 is 0 Å². The van der Waals surface area contributed by atoms with E-state index in [0.717, 1.165) is 37.6 Å². The molecule has 1 rings (SSSR count). The van der Waals surface area contributed by atoms with Crippen molar-refractivity contribution in [1.29, 1.82) is 0 Å². The van der Waals surface area contributed by atoms with Gasteiger partial charge < -0.3 is 19.3 Å². The van der Waals surface area contributed by atoms with Crippen LogP contribution in [0.5, 0.6) is 0 Å². The molecule has 110 valence electrons. The fraction of sp³-hybridized carbons (Fsp3) is 0.786. The highest BCUT2D eigenvalue weighted by atomic mass is 16.5. The molecule has 19 heavy (non-hydrogen) atoms. The van der Waals surface area contributed by atoms with Crippen LogP contribution in [0.2, 0.25) is 0 Å². The molecule has 1 heterocycles. The maximum absolute atomic E-state index is 5.44. The molecule has 1 aromatic heterocycles. The molecule has 5 heteroatoms. The summed E-state index contributed by atoms with van der Waals surface area (Å²) in [5.74, 6) is 1.40. The molecule has 1 aromatic rings. The Balaban J connectivity index is 2.09. The van der Waals surface area contributed by atoms with Crippen molar-refractivity contribution in [3.8, 4) is 0 Å². The van der Waals surface area contributed by atoms with Crippen molar-refractivity contribution >= 4 is 0 Å². The Morgan fingerprint density at radius 3 is 2.79 bits per heavy atom. The van der Waals surface area contributed by atoms with Crippen LogP contribution in [0.1, 0.15) is 38.6 Å². The van der Waals surface area contributed by atoms with Gasteiger partial charge in [0.25, 0.3) is 0 Å². The van der Waals surface area contributed by atoms with Gasteiger partial charge in [0.2, 0.25) is 0 Å². The average Bonchev–Trinajstić information content (AvgIpc) is 2.81. The smallest absolute Gasteiger partial charge is 0.162 e. The molecule has 0 atom stereocenters. The predicted molar refractivity (Wildman–Crippen MR) is 73.8 cm³/mol. The zero-order valence-corrected chi connectivity index (χ0v) is 12.3. The molecule has 0 radical (unpaired) electrons. The number of hydrogen-bond acceptors (Lipinski definition) is 5. The molecule has 0 aromatic carbocycles. The van der Waals surface area contributed by atoms with E-state index in [-0.39, 0.29) is 0 Å². The summed E-state index contributed by atoms with van der Waals surface area (Å²) in [5, 5.41) is 7.31. The van der Waals surface area contributed by atoms with E-state index in [0.29, 0.717) is 25.7 Å².